The molecule has 0 saturated heterocycles. The molecule has 1 aromatic heterocycles. The van der Waals surface area contributed by atoms with Gasteiger partial charge < -0.3 is 14.9 Å². The molecule has 0 saturated carbocycles. The maximum Gasteiger partial charge on any atom is 0.330 e. The number of nitrogens with one attached hydrogen (secondary N) is 1. The number of fused-ring (bicyclic) bond motifs is 1. The summed E-state index contributed by atoms with van der Waals surface area (Å²) in [6, 6.07) is 12.0. The molecule has 0 bridgehead atoms. The van der Waals surface area contributed by atoms with E-state index in [0.717, 1.165) is 22.0 Å². The number of carboxylic acids is 1. The van der Waals surface area contributed by atoms with Gasteiger partial charge in [0, 0.05) is 12.0 Å². The van der Waals surface area contributed by atoms with Crippen molar-refractivity contribution >= 4 is 22.6 Å². The number of carbonyl (C=O) groups is 2. The minimum atomic E-state index is -1.10. The van der Waals surface area contributed by atoms with Crippen LogP contribution in [0.3, 0.4) is 0 Å². The van der Waals surface area contributed by atoms with Crippen LogP contribution in [0.1, 0.15) is 47.9 Å². The zero-order valence-corrected chi connectivity index (χ0v) is 15.5. The van der Waals surface area contributed by atoms with Gasteiger partial charge >= 0.3 is 5.97 Å². The number of carbonyl (C=O) groups excluding carboxylic acids is 1. The lowest BCUT2D eigenvalue weighted by Gasteiger charge is -2.17. The molecule has 140 valence electrons. The van der Waals surface area contributed by atoms with Crippen LogP contribution in [0.25, 0.3) is 10.8 Å². The number of benzene rings is 2. The summed E-state index contributed by atoms with van der Waals surface area (Å²) in [5.74, 6) is -0.869. The summed E-state index contributed by atoms with van der Waals surface area (Å²) in [7, 11) is 0. The molecule has 0 fully saturated rings. The van der Waals surface area contributed by atoms with Gasteiger partial charge in [0.15, 0.2) is 6.04 Å². The Labute approximate surface area is 157 Å². The Morgan fingerprint density at radius 1 is 1.15 bits per heavy atom. The summed E-state index contributed by atoms with van der Waals surface area (Å²) >= 11 is 0. The molecule has 27 heavy (non-hydrogen) atoms. The van der Waals surface area contributed by atoms with Gasteiger partial charge in [-0.25, -0.2) is 4.79 Å². The molecule has 0 radical (unpaired) electrons. The molecule has 2 aromatic carbocycles. The van der Waals surface area contributed by atoms with Crippen molar-refractivity contribution in [3.63, 3.8) is 0 Å². The Morgan fingerprint density at radius 3 is 2.48 bits per heavy atom. The lowest BCUT2D eigenvalue weighted by molar-refractivity contribution is -0.142. The molecular formula is C21H22N2O4. The largest absolute Gasteiger partial charge is 0.479 e. The van der Waals surface area contributed by atoms with E-state index >= 15 is 0 Å². The summed E-state index contributed by atoms with van der Waals surface area (Å²) in [5, 5.41) is 18.1. The molecule has 2 atom stereocenters. The van der Waals surface area contributed by atoms with Crippen LogP contribution in [0.2, 0.25) is 0 Å². The van der Waals surface area contributed by atoms with Gasteiger partial charge in [0.05, 0.1) is 5.69 Å². The lowest BCUT2D eigenvalue weighted by Crippen LogP contribution is -2.34. The summed E-state index contributed by atoms with van der Waals surface area (Å²) in [6.07, 6.45) is 0.153. The minimum Gasteiger partial charge on any atom is -0.479 e. The number of hydrogen-bond acceptors (Lipinski definition) is 4. The van der Waals surface area contributed by atoms with Gasteiger partial charge in [0.1, 0.15) is 5.76 Å². The second-order valence-corrected chi connectivity index (χ2v) is 6.79. The highest BCUT2D eigenvalue weighted by atomic mass is 16.5. The predicted molar refractivity (Wildman–Crippen MR) is 101 cm³/mol. The average Bonchev–Trinajstić information content (AvgIpc) is 2.97. The van der Waals surface area contributed by atoms with E-state index < -0.39 is 12.0 Å². The van der Waals surface area contributed by atoms with E-state index in [4.69, 9.17) is 4.52 Å². The topological polar surface area (TPSA) is 92.4 Å². The number of aryl methyl sites for hydroxylation is 2. The molecule has 6 nitrogen and oxygen atoms in total. The van der Waals surface area contributed by atoms with Crippen LogP contribution in [0.4, 0.5) is 0 Å². The molecule has 2 unspecified atom stereocenters. The van der Waals surface area contributed by atoms with Crippen molar-refractivity contribution in [1.82, 2.24) is 10.5 Å². The molecule has 3 aromatic rings. The van der Waals surface area contributed by atoms with Crippen molar-refractivity contribution in [2.75, 3.05) is 0 Å². The van der Waals surface area contributed by atoms with Crippen LogP contribution in [0, 0.1) is 13.8 Å². The Balaban J connectivity index is 1.77. The molecule has 2 N–H and O–H groups in total. The molecule has 0 aliphatic rings. The smallest absolute Gasteiger partial charge is 0.330 e. The highest BCUT2D eigenvalue weighted by molar-refractivity contribution is 5.88. The predicted octanol–water partition coefficient (Wildman–Crippen LogP) is 3.88. The summed E-state index contributed by atoms with van der Waals surface area (Å²) in [6.45, 7) is 5.53. The minimum absolute atomic E-state index is 0.123. The van der Waals surface area contributed by atoms with Crippen molar-refractivity contribution in [3.05, 3.63) is 65.0 Å². The van der Waals surface area contributed by atoms with E-state index in [0.29, 0.717) is 11.3 Å². The Morgan fingerprint density at radius 2 is 1.85 bits per heavy atom. The number of aromatic nitrogens is 1. The quantitative estimate of drug-likeness (QED) is 0.691. The zero-order valence-electron chi connectivity index (χ0n) is 15.5. The van der Waals surface area contributed by atoms with Gasteiger partial charge in [-0.15, -0.1) is 0 Å². The van der Waals surface area contributed by atoms with E-state index in [1.165, 1.54) is 0 Å². The first kappa shape index (κ1) is 18.6. The fraction of sp³-hybridized carbons (Fsp3) is 0.286. The normalized spacial score (nSPS) is 13.3. The van der Waals surface area contributed by atoms with E-state index in [9.17, 15) is 14.7 Å². The second kappa shape index (κ2) is 7.61. The first-order valence-corrected chi connectivity index (χ1v) is 8.80. The van der Waals surface area contributed by atoms with E-state index in [1.807, 2.05) is 44.2 Å². The number of amides is 1. The van der Waals surface area contributed by atoms with Gasteiger partial charge in [0.2, 0.25) is 5.91 Å². The average molecular weight is 366 g/mol. The highest BCUT2D eigenvalue weighted by Crippen LogP contribution is 2.26. The monoisotopic (exact) mass is 366 g/mol. The van der Waals surface area contributed by atoms with Crippen LogP contribution in [0.5, 0.6) is 0 Å². The third-order valence-electron chi connectivity index (χ3n) is 4.73. The maximum atomic E-state index is 12.5. The summed E-state index contributed by atoms with van der Waals surface area (Å²) in [5.41, 5.74) is 2.18. The third kappa shape index (κ3) is 4.00. The number of rotatable bonds is 6. The van der Waals surface area contributed by atoms with Crippen LogP contribution < -0.4 is 5.32 Å². The summed E-state index contributed by atoms with van der Waals surface area (Å²) < 4.78 is 5.15. The van der Waals surface area contributed by atoms with E-state index in [1.54, 1.807) is 19.1 Å². The fourth-order valence-corrected chi connectivity index (χ4v) is 3.47. The Bertz CT molecular complexity index is 973. The Hall–Kier alpha value is -3.15. The fourth-order valence-electron chi connectivity index (χ4n) is 3.47. The van der Waals surface area contributed by atoms with E-state index in [2.05, 4.69) is 10.5 Å². The highest BCUT2D eigenvalue weighted by Gasteiger charge is 2.25. The molecule has 6 heteroatoms. The first-order chi connectivity index (χ1) is 12.9. The van der Waals surface area contributed by atoms with Gasteiger partial charge in [0.25, 0.3) is 0 Å². The van der Waals surface area contributed by atoms with Crippen molar-refractivity contribution in [2.45, 2.75) is 39.2 Å². The molecule has 0 spiro atoms. The van der Waals surface area contributed by atoms with Crippen molar-refractivity contribution in [1.29, 1.82) is 0 Å². The van der Waals surface area contributed by atoms with E-state index in [-0.39, 0.29) is 18.2 Å². The number of carboxylic acid groups (broad SMARTS) is 1. The number of aliphatic carboxylic acids is 1. The second-order valence-electron chi connectivity index (χ2n) is 6.79. The molecule has 3 rings (SSSR count). The number of nitrogens with zero attached hydrogens (tertiary/aromatic N) is 1. The van der Waals surface area contributed by atoms with Gasteiger partial charge in [-0.1, -0.05) is 48.5 Å². The van der Waals surface area contributed by atoms with Crippen LogP contribution >= 0.6 is 0 Å². The summed E-state index contributed by atoms with van der Waals surface area (Å²) in [4.78, 5) is 24.3. The standard InChI is InChI=1S/C21H22N2O4/c1-12(19-13(2)23-27-14(19)3)10-18(24)22-20(21(25)26)17-9-8-15-6-4-5-7-16(15)11-17/h4-9,11-12,20H,10H2,1-3H3,(H,22,24)(H,25,26). The van der Waals surface area contributed by atoms with Crippen LogP contribution in [0.15, 0.2) is 47.0 Å². The SMILES string of the molecule is Cc1noc(C)c1C(C)CC(=O)NC(C(=O)O)c1ccc2ccccc2c1. The first-order valence-electron chi connectivity index (χ1n) is 8.80. The van der Waals surface area contributed by atoms with Crippen LogP contribution in [-0.2, 0) is 9.59 Å². The lowest BCUT2D eigenvalue weighted by atomic mass is 9.95. The van der Waals surface area contributed by atoms with Crippen molar-refractivity contribution in [2.24, 2.45) is 0 Å². The van der Waals surface area contributed by atoms with Crippen LogP contribution in [-0.4, -0.2) is 22.1 Å². The molecule has 1 amide bonds. The van der Waals surface area contributed by atoms with Gasteiger partial charge in [-0.2, -0.15) is 0 Å². The van der Waals surface area contributed by atoms with Gasteiger partial charge in [-0.05, 0) is 42.2 Å². The van der Waals surface area contributed by atoms with Gasteiger partial charge in [-0.3, -0.25) is 4.79 Å². The molecular weight excluding hydrogens is 344 g/mol. The number of hydrogen-bond donors (Lipinski definition) is 2. The molecule has 0 aliphatic heterocycles. The van der Waals surface area contributed by atoms with Crippen molar-refractivity contribution in [3.8, 4) is 0 Å². The maximum absolute atomic E-state index is 12.5. The Kier molecular flexibility index (Phi) is 5.26. The zero-order chi connectivity index (χ0) is 19.6. The van der Waals surface area contributed by atoms with Crippen molar-refractivity contribution < 1.29 is 19.2 Å². The molecule has 0 aliphatic carbocycles. The molecule has 1 heterocycles. The third-order valence-corrected chi connectivity index (χ3v) is 4.73.